The van der Waals surface area contributed by atoms with Gasteiger partial charge >= 0.3 is 0 Å². The van der Waals surface area contributed by atoms with Gasteiger partial charge < -0.3 is 14.5 Å². The van der Waals surface area contributed by atoms with Crippen LogP contribution in [0.1, 0.15) is 25.8 Å². The van der Waals surface area contributed by atoms with Crippen LogP contribution in [-0.2, 0) is 6.42 Å². The molecule has 1 aliphatic heterocycles. The van der Waals surface area contributed by atoms with E-state index in [2.05, 4.69) is 66.1 Å². The zero-order chi connectivity index (χ0) is 17.6. The lowest BCUT2D eigenvalue weighted by Crippen LogP contribution is -2.46. The van der Waals surface area contributed by atoms with E-state index in [9.17, 15) is 0 Å². The maximum absolute atomic E-state index is 5.83. The lowest BCUT2D eigenvalue weighted by atomic mass is 9.97. The van der Waals surface area contributed by atoms with Gasteiger partial charge in [0.15, 0.2) is 0 Å². The van der Waals surface area contributed by atoms with Crippen molar-refractivity contribution in [2.45, 2.75) is 26.7 Å². The Morgan fingerprint density at radius 2 is 1.68 bits per heavy atom. The number of likely N-dealkylation sites (N-methyl/N-ethyl adjacent to an activating group) is 1. The molecule has 0 amide bonds. The van der Waals surface area contributed by atoms with Crippen LogP contribution in [0, 0.1) is 0 Å². The second kappa shape index (κ2) is 8.39. The molecule has 134 valence electrons. The Bertz CT molecular complexity index is 676. The fraction of sp³-hybridized carbons (Fsp3) is 0.455. The third-order valence-corrected chi connectivity index (χ3v) is 5.14. The minimum atomic E-state index is 1.03. The van der Waals surface area contributed by atoms with Crippen molar-refractivity contribution in [1.82, 2.24) is 4.90 Å². The summed E-state index contributed by atoms with van der Waals surface area (Å²) in [5.74, 6) is 1.03. The van der Waals surface area contributed by atoms with Gasteiger partial charge in [-0.2, -0.15) is 0 Å². The summed E-state index contributed by atoms with van der Waals surface area (Å²) in [6.45, 7) is 10.1. The lowest BCUT2D eigenvalue weighted by molar-refractivity contribution is 0.271. The van der Waals surface area contributed by atoms with E-state index in [0.29, 0.717) is 0 Å². The van der Waals surface area contributed by atoms with Gasteiger partial charge in [-0.15, -0.1) is 0 Å². The summed E-state index contributed by atoms with van der Waals surface area (Å²) in [6, 6.07) is 15.3. The van der Waals surface area contributed by atoms with Crippen molar-refractivity contribution in [3.8, 4) is 16.9 Å². The third-order valence-electron chi connectivity index (χ3n) is 5.14. The van der Waals surface area contributed by atoms with Gasteiger partial charge in [0.05, 0.1) is 7.11 Å². The van der Waals surface area contributed by atoms with E-state index in [1.165, 1.54) is 22.4 Å². The van der Waals surface area contributed by atoms with Gasteiger partial charge in [0.1, 0.15) is 5.75 Å². The first-order valence-electron chi connectivity index (χ1n) is 9.50. The van der Waals surface area contributed by atoms with Crippen LogP contribution in [0.5, 0.6) is 5.75 Å². The number of anilines is 1. The third kappa shape index (κ3) is 3.98. The number of piperazine rings is 1. The normalized spacial score (nSPS) is 15.4. The van der Waals surface area contributed by atoms with Gasteiger partial charge in [0.2, 0.25) is 0 Å². The molecule has 3 rings (SSSR count). The average molecular weight is 338 g/mol. The number of hydrogen-bond donors (Lipinski definition) is 0. The molecule has 0 aliphatic carbocycles. The molecule has 0 atom stereocenters. The highest BCUT2D eigenvalue weighted by Crippen LogP contribution is 2.38. The molecule has 1 heterocycles. The van der Waals surface area contributed by atoms with Crippen molar-refractivity contribution < 1.29 is 4.74 Å². The highest BCUT2D eigenvalue weighted by Gasteiger charge is 2.19. The SMILES string of the molecule is CCCc1cc(N2CCN(CC)CC2)cc(-c2ccccc2)c1OC. The molecular formula is C22H30N2O. The van der Waals surface area contributed by atoms with E-state index in [1.54, 1.807) is 7.11 Å². The largest absolute Gasteiger partial charge is 0.496 e. The van der Waals surface area contributed by atoms with Crippen LogP contribution in [-0.4, -0.2) is 44.7 Å². The Morgan fingerprint density at radius 3 is 2.28 bits per heavy atom. The molecule has 0 bridgehead atoms. The molecule has 0 N–H and O–H groups in total. The zero-order valence-electron chi connectivity index (χ0n) is 15.8. The van der Waals surface area contributed by atoms with Crippen LogP contribution >= 0.6 is 0 Å². The summed E-state index contributed by atoms with van der Waals surface area (Å²) in [5.41, 5.74) is 5.09. The molecule has 3 nitrogen and oxygen atoms in total. The van der Waals surface area contributed by atoms with E-state index in [0.717, 1.165) is 51.3 Å². The number of aryl methyl sites for hydroxylation is 1. The molecule has 1 aliphatic rings. The first-order chi connectivity index (χ1) is 12.3. The Labute approximate surface area is 152 Å². The summed E-state index contributed by atoms with van der Waals surface area (Å²) in [7, 11) is 1.79. The minimum absolute atomic E-state index is 1.03. The van der Waals surface area contributed by atoms with Crippen LogP contribution in [0.3, 0.4) is 0 Å². The number of hydrogen-bond acceptors (Lipinski definition) is 3. The van der Waals surface area contributed by atoms with Gasteiger partial charge in [-0.05, 0) is 36.2 Å². The number of benzene rings is 2. The fourth-order valence-electron chi connectivity index (χ4n) is 3.71. The van der Waals surface area contributed by atoms with Gasteiger partial charge in [-0.1, -0.05) is 50.6 Å². The second-order valence-corrected chi connectivity index (χ2v) is 6.72. The summed E-state index contributed by atoms with van der Waals surface area (Å²) < 4.78 is 5.83. The molecule has 25 heavy (non-hydrogen) atoms. The molecule has 0 radical (unpaired) electrons. The first kappa shape index (κ1) is 17.8. The summed E-state index contributed by atoms with van der Waals surface area (Å²) >= 11 is 0. The van der Waals surface area contributed by atoms with E-state index in [1.807, 2.05) is 0 Å². The minimum Gasteiger partial charge on any atom is -0.496 e. The van der Waals surface area contributed by atoms with E-state index < -0.39 is 0 Å². The topological polar surface area (TPSA) is 15.7 Å². The van der Waals surface area contributed by atoms with Crippen molar-refractivity contribution in [2.24, 2.45) is 0 Å². The molecule has 1 fully saturated rings. The molecule has 1 saturated heterocycles. The summed E-state index contributed by atoms with van der Waals surface area (Å²) in [6.07, 6.45) is 2.17. The highest BCUT2D eigenvalue weighted by molar-refractivity contribution is 5.77. The van der Waals surface area contributed by atoms with Gasteiger partial charge in [-0.3, -0.25) is 0 Å². The lowest BCUT2D eigenvalue weighted by Gasteiger charge is -2.36. The van der Waals surface area contributed by atoms with Crippen molar-refractivity contribution in [3.63, 3.8) is 0 Å². The Morgan fingerprint density at radius 1 is 0.960 bits per heavy atom. The Balaban J connectivity index is 2.00. The molecular weight excluding hydrogens is 308 g/mol. The fourth-order valence-corrected chi connectivity index (χ4v) is 3.71. The molecule has 0 aromatic heterocycles. The Hall–Kier alpha value is -2.00. The Kier molecular flexibility index (Phi) is 5.98. The average Bonchev–Trinajstić information content (AvgIpc) is 2.68. The number of rotatable bonds is 6. The highest BCUT2D eigenvalue weighted by atomic mass is 16.5. The van der Waals surface area contributed by atoms with Crippen molar-refractivity contribution >= 4 is 5.69 Å². The quantitative estimate of drug-likeness (QED) is 0.773. The first-order valence-corrected chi connectivity index (χ1v) is 9.50. The summed E-state index contributed by atoms with van der Waals surface area (Å²) in [5, 5.41) is 0. The van der Waals surface area contributed by atoms with E-state index in [4.69, 9.17) is 4.74 Å². The molecule has 2 aromatic carbocycles. The van der Waals surface area contributed by atoms with Crippen LogP contribution in [0.4, 0.5) is 5.69 Å². The van der Waals surface area contributed by atoms with Gasteiger partial charge in [0.25, 0.3) is 0 Å². The van der Waals surface area contributed by atoms with Crippen molar-refractivity contribution in [2.75, 3.05) is 44.7 Å². The number of ether oxygens (including phenoxy) is 1. The number of methoxy groups -OCH3 is 1. The van der Waals surface area contributed by atoms with Crippen molar-refractivity contribution in [3.05, 3.63) is 48.0 Å². The monoisotopic (exact) mass is 338 g/mol. The van der Waals surface area contributed by atoms with Gasteiger partial charge in [0, 0.05) is 37.4 Å². The molecule has 0 spiro atoms. The molecule has 0 saturated carbocycles. The van der Waals surface area contributed by atoms with Crippen LogP contribution in [0.15, 0.2) is 42.5 Å². The predicted molar refractivity (Wildman–Crippen MR) is 107 cm³/mol. The van der Waals surface area contributed by atoms with Crippen LogP contribution < -0.4 is 9.64 Å². The smallest absolute Gasteiger partial charge is 0.130 e. The standard InChI is InChI=1S/C22H30N2O/c1-4-9-19-16-20(24-14-12-23(5-2)13-15-24)17-21(22(19)25-3)18-10-7-6-8-11-18/h6-8,10-11,16-17H,4-5,9,12-15H2,1-3H3. The second-order valence-electron chi connectivity index (χ2n) is 6.72. The van der Waals surface area contributed by atoms with E-state index in [-0.39, 0.29) is 0 Å². The zero-order valence-corrected chi connectivity index (χ0v) is 15.8. The van der Waals surface area contributed by atoms with Crippen molar-refractivity contribution in [1.29, 1.82) is 0 Å². The maximum Gasteiger partial charge on any atom is 0.130 e. The van der Waals surface area contributed by atoms with Crippen LogP contribution in [0.2, 0.25) is 0 Å². The summed E-state index contributed by atoms with van der Waals surface area (Å²) in [4.78, 5) is 5.04. The molecule has 0 unspecified atom stereocenters. The van der Waals surface area contributed by atoms with Crippen LogP contribution in [0.25, 0.3) is 11.1 Å². The molecule has 2 aromatic rings. The van der Waals surface area contributed by atoms with E-state index >= 15 is 0 Å². The number of nitrogens with zero attached hydrogens (tertiary/aromatic N) is 2. The molecule has 3 heteroatoms. The van der Waals surface area contributed by atoms with Gasteiger partial charge in [-0.25, -0.2) is 0 Å². The predicted octanol–water partition coefficient (Wildman–Crippen LogP) is 4.46. The maximum atomic E-state index is 5.83.